The molecule has 1 aliphatic heterocycles. The van der Waals surface area contributed by atoms with E-state index in [0.29, 0.717) is 5.56 Å². The van der Waals surface area contributed by atoms with Crippen LogP contribution in [0, 0.1) is 0 Å². The van der Waals surface area contributed by atoms with Gasteiger partial charge in [0.25, 0.3) is 0 Å². The Morgan fingerprint density at radius 2 is 1.79 bits per heavy atom. The van der Waals surface area contributed by atoms with Crippen molar-refractivity contribution in [3.05, 3.63) is 47.5 Å². The van der Waals surface area contributed by atoms with Crippen molar-refractivity contribution in [2.45, 2.75) is 30.5 Å². The molecule has 1 aliphatic rings. The van der Waals surface area contributed by atoms with Gasteiger partial charge in [0, 0.05) is 17.3 Å². The van der Waals surface area contributed by atoms with E-state index in [-0.39, 0.29) is 5.54 Å². The quantitative estimate of drug-likeness (QED) is 0.910. The lowest BCUT2D eigenvalue weighted by Gasteiger charge is -2.44. The highest BCUT2D eigenvalue weighted by molar-refractivity contribution is 8.15. The summed E-state index contributed by atoms with van der Waals surface area (Å²) in [6.45, 7) is 5.89. The fraction of sp³-hybridized carbons (Fsp3) is 0.385. The second-order valence-corrected chi connectivity index (χ2v) is 8.47. The van der Waals surface area contributed by atoms with Crippen molar-refractivity contribution in [1.82, 2.24) is 4.90 Å². The first-order valence-corrected chi connectivity index (χ1v) is 8.34. The van der Waals surface area contributed by atoms with E-state index in [0.717, 1.165) is 0 Å². The van der Waals surface area contributed by atoms with E-state index in [4.69, 9.17) is 5.14 Å². The van der Waals surface area contributed by atoms with E-state index in [1.807, 2.05) is 39.0 Å². The van der Waals surface area contributed by atoms with Crippen LogP contribution in [0.25, 0.3) is 0 Å². The van der Waals surface area contributed by atoms with Gasteiger partial charge in [-0.2, -0.15) is 0 Å². The van der Waals surface area contributed by atoms with E-state index in [1.165, 1.54) is 11.8 Å². The highest BCUT2D eigenvalue weighted by Crippen LogP contribution is 2.51. The molecule has 0 aromatic heterocycles. The van der Waals surface area contributed by atoms with Crippen LogP contribution in [0.4, 0.5) is 0 Å². The Morgan fingerprint density at radius 1 is 1.21 bits per heavy atom. The van der Waals surface area contributed by atoms with Gasteiger partial charge in [0.2, 0.25) is 14.2 Å². The summed E-state index contributed by atoms with van der Waals surface area (Å²) >= 11 is 1.22. The highest BCUT2D eigenvalue weighted by atomic mass is 32.3. The normalized spacial score (nSPS) is 23.9. The van der Waals surface area contributed by atoms with Gasteiger partial charge in [0.15, 0.2) is 0 Å². The van der Waals surface area contributed by atoms with Crippen molar-refractivity contribution in [2.24, 2.45) is 5.14 Å². The number of sulfonamides is 1. The number of nitrogens with two attached hydrogens (primary N) is 1. The molecule has 1 unspecified atom stereocenters. The molecule has 1 aromatic rings. The van der Waals surface area contributed by atoms with Crippen molar-refractivity contribution >= 4 is 21.8 Å². The molecule has 0 fully saturated rings. The molecule has 0 bridgehead atoms. The summed E-state index contributed by atoms with van der Waals surface area (Å²) in [5, 5.41) is 7.34. The molecule has 0 radical (unpaired) electrons. The van der Waals surface area contributed by atoms with Crippen LogP contribution < -0.4 is 5.14 Å². The molecule has 4 nitrogen and oxygen atoms in total. The standard InChI is InChI=1S/C13H18N2O2S2/c1-12(2,3)15-9-10-18-13(15,19(14,16)17)11-7-5-4-6-8-11/h4-10H,1-3H3,(H2,14,16,17). The zero-order valence-electron chi connectivity index (χ0n) is 11.2. The van der Waals surface area contributed by atoms with E-state index >= 15 is 0 Å². The minimum Gasteiger partial charge on any atom is -0.340 e. The number of rotatable bonds is 2. The van der Waals surface area contributed by atoms with Gasteiger partial charge in [-0.3, -0.25) is 0 Å². The largest absolute Gasteiger partial charge is 0.340 e. The second kappa shape index (κ2) is 4.54. The summed E-state index contributed by atoms with van der Waals surface area (Å²) in [7, 11) is -3.82. The fourth-order valence-electron chi connectivity index (χ4n) is 2.23. The van der Waals surface area contributed by atoms with Crippen LogP contribution in [0.15, 0.2) is 41.9 Å². The maximum atomic E-state index is 12.3. The Morgan fingerprint density at radius 3 is 2.26 bits per heavy atom. The molecule has 0 aliphatic carbocycles. The predicted octanol–water partition coefficient (Wildman–Crippen LogP) is 2.40. The van der Waals surface area contributed by atoms with Crippen molar-refractivity contribution in [1.29, 1.82) is 0 Å². The number of nitrogens with zero attached hydrogens (tertiary/aromatic N) is 1. The molecule has 2 N–H and O–H groups in total. The number of hydrogen-bond acceptors (Lipinski definition) is 4. The number of benzene rings is 1. The Labute approximate surface area is 118 Å². The minimum atomic E-state index is -3.82. The molecule has 0 amide bonds. The van der Waals surface area contributed by atoms with Crippen LogP contribution in [0.1, 0.15) is 26.3 Å². The summed E-state index contributed by atoms with van der Waals surface area (Å²) in [6.07, 6.45) is 1.79. The molecule has 6 heteroatoms. The SMILES string of the molecule is CC(C)(C)N1C=CSC1(c1ccccc1)S(N)(=O)=O. The van der Waals surface area contributed by atoms with Crippen molar-refractivity contribution in [3.63, 3.8) is 0 Å². The Bertz CT molecular complexity index is 591. The molecule has 0 saturated heterocycles. The molecule has 0 saturated carbocycles. The third-order valence-electron chi connectivity index (χ3n) is 3.00. The van der Waals surface area contributed by atoms with E-state index < -0.39 is 14.2 Å². The lowest BCUT2D eigenvalue weighted by Crippen LogP contribution is -2.54. The van der Waals surface area contributed by atoms with Gasteiger partial charge < -0.3 is 4.90 Å². The molecular formula is C13H18N2O2S2. The topological polar surface area (TPSA) is 63.4 Å². The highest BCUT2D eigenvalue weighted by Gasteiger charge is 2.53. The first-order valence-electron chi connectivity index (χ1n) is 5.91. The van der Waals surface area contributed by atoms with Gasteiger partial charge in [-0.1, -0.05) is 42.1 Å². The molecule has 0 spiro atoms. The average molecular weight is 298 g/mol. The number of thioether (sulfide) groups is 1. The third kappa shape index (κ3) is 2.28. The van der Waals surface area contributed by atoms with Crippen molar-refractivity contribution in [3.8, 4) is 0 Å². The Kier molecular flexibility index (Phi) is 3.45. The van der Waals surface area contributed by atoms with Crippen LogP contribution >= 0.6 is 11.8 Å². The monoisotopic (exact) mass is 298 g/mol. The number of hydrogen-bond donors (Lipinski definition) is 1. The predicted molar refractivity (Wildman–Crippen MR) is 79.6 cm³/mol. The van der Waals surface area contributed by atoms with E-state index in [9.17, 15) is 8.42 Å². The summed E-state index contributed by atoms with van der Waals surface area (Å²) < 4.78 is 23.3. The lowest BCUT2D eigenvalue weighted by atomic mass is 10.0. The Hall–Kier alpha value is -0.980. The fourth-order valence-corrected chi connectivity index (χ4v) is 5.09. The second-order valence-electron chi connectivity index (χ2n) is 5.44. The summed E-state index contributed by atoms with van der Waals surface area (Å²) in [6, 6.07) is 9.09. The average Bonchev–Trinajstić information content (AvgIpc) is 2.74. The van der Waals surface area contributed by atoms with Gasteiger partial charge in [-0.15, -0.1) is 0 Å². The maximum Gasteiger partial charge on any atom is 0.248 e. The van der Waals surface area contributed by atoms with Gasteiger partial charge in [0.1, 0.15) is 0 Å². The summed E-state index contributed by atoms with van der Waals surface area (Å²) in [5.41, 5.74) is 0.310. The van der Waals surface area contributed by atoms with Gasteiger partial charge in [-0.25, -0.2) is 13.6 Å². The maximum absolute atomic E-state index is 12.3. The van der Waals surface area contributed by atoms with Gasteiger partial charge >= 0.3 is 0 Å². The number of primary sulfonamides is 1. The van der Waals surface area contributed by atoms with E-state index in [2.05, 4.69) is 0 Å². The lowest BCUT2D eigenvalue weighted by molar-refractivity contribution is 0.172. The van der Waals surface area contributed by atoms with Crippen molar-refractivity contribution in [2.75, 3.05) is 0 Å². The summed E-state index contributed by atoms with van der Waals surface area (Å²) in [4.78, 5) is 1.80. The molecular weight excluding hydrogens is 280 g/mol. The molecule has 2 rings (SSSR count). The van der Waals surface area contributed by atoms with Crippen LogP contribution in [0.3, 0.4) is 0 Å². The first kappa shape index (κ1) is 14.4. The Balaban J connectivity index is 2.69. The van der Waals surface area contributed by atoms with Gasteiger partial charge in [0.05, 0.1) is 0 Å². The van der Waals surface area contributed by atoms with Crippen LogP contribution in [0.5, 0.6) is 0 Å². The van der Waals surface area contributed by atoms with Crippen LogP contribution in [-0.4, -0.2) is 18.9 Å². The first-order chi connectivity index (χ1) is 8.69. The molecule has 1 aromatic carbocycles. The molecule has 1 atom stereocenters. The third-order valence-corrected chi connectivity index (χ3v) is 6.20. The van der Waals surface area contributed by atoms with Crippen molar-refractivity contribution < 1.29 is 8.42 Å². The van der Waals surface area contributed by atoms with Gasteiger partial charge in [-0.05, 0) is 26.2 Å². The smallest absolute Gasteiger partial charge is 0.248 e. The van der Waals surface area contributed by atoms with Crippen LogP contribution in [-0.2, 0) is 14.2 Å². The zero-order valence-corrected chi connectivity index (χ0v) is 12.8. The minimum absolute atomic E-state index is 0.359. The summed E-state index contributed by atoms with van der Waals surface area (Å²) in [5.74, 6) is 0. The van der Waals surface area contributed by atoms with Crippen LogP contribution in [0.2, 0.25) is 0 Å². The zero-order chi connectivity index (χ0) is 14.3. The molecule has 19 heavy (non-hydrogen) atoms. The molecule has 104 valence electrons. The van der Waals surface area contributed by atoms with E-state index in [1.54, 1.807) is 28.6 Å². The molecule has 1 heterocycles.